The SMILES string of the molecule is CCNC(=NCCCOCCOC)NCCC(=O)Nc1ccc(C)cn1. The van der Waals surface area contributed by atoms with E-state index in [1.165, 1.54) is 0 Å². The molecule has 0 atom stereocenters. The standard InChI is InChI=1S/C18H31N5O3/c1-4-19-18(20-9-5-11-26-13-12-25-3)21-10-8-17(24)23-16-7-6-15(2)14-22-16/h6-7,14H,4-5,8-13H2,1-3H3,(H2,19,20,21)(H,22,23,24). The minimum absolute atomic E-state index is 0.0868. The van der Waals surface area contributed by atoms with Crippen molar-refractivity contribution in [2.24, 2.45) is 4.99 Å². The van der Waals surface area contributed by atoms with Gasteiger partial charge in [0.1, 0.15) is 5.82 Å². The van der Waals surface area contributed by atoms with Gasteiger partial charge in [0.2, 0.25) is 5.91 Å². The molecular formula is C18H31N5O3. The number of aromatic nitrogens is 1. The molecule has 146 valence electrons. The zero-order valence-corrected chi connectivity index (χ0v) is 16.0. The highest BCUT2D eigenvalue weighted by molar-refractivity contribution is 5.90. The summed E-state index contributed by atoms with van der Waals surface area (Å²) >= 11 is 0. The summed E-state index contributed by atoms with van der Waals surface area (Å²) in [5.41, 5.74) is 1.06. The Morgan fingerprint density at radius 2 is 2.08 bits per heavy atom. The molecule has 8 heteroatoms. The molecule has 0 radical (unpaired) electrons. The molecule has 0 unspecified atom stereocenters. The van der Waals surface area contributed by atoms with Crippen LogP contribution in [0.5, 0.6) is 0 Å². The Hall–Kier alpha value is -2.19. The van der Waals surface area contributed by atoms with Crippen LogP contribution in [0.25, 0.3) is 0 Å². The fourth-order valence-corrected chi connectivity index (χ4v) is 1.99. The smallest absolute Gasteiger partial charge is 0.227 e. The second kappa shape index (κ2) is 14.0. The van der Waals surface area contributed by atoms with Crippen molar-refractivity contribution in [1.29, 1.82) is 0 Å². The van der Waals surface area contributed by atoms with E-state index in [1.54, 1.807) is 19.4 Å². The van der Waals surface area contributed by atoms with Gasteiger partial charge in [0.05, 0.1) is 13.2 Å². The first-order valence-electron chi connectivity index (χ1n) is 8.97. The van der Waals surface area contributed by atoms with Crippen molar-refractivity contribution >= 4 is 17.7 Å². The van der Waals surface area contributed by atoms with Crippen LogP contribution < -0.4 is 16.0 Å². The number of carbonyl (C=O) groups excluding carboxylic acids is 1. The van der Waals surface area contributed by atoms with E-state index in [-0.39, 0.29) is 5.91 Å². The van der Waals surface area contributed by atoms with Gasteiger partial charge in [0.15, 0.2) is 5.96 Å². The van der Waals surface area contributed by atoms with E-state index in [0.29, 0.717) is 51.1 Å². The highest BCUT2D eigenvalue weighted by Crippen LogP contribution is 2.03. The summed E-state index contributed by atoms with van der Waals surface area (Å²) in [5, 5.41) is 9.09. The number of aliphatic imine (C=N–C) groups is 1. The van der Waals surface area contributed by atoms with Crippen LogP contribution in [0.1, 0.15) is 25.3 Å². The Labute approximate surface area is 155 Å². The van der Waals surface area contributed by atoms with E-state index in [1.807, 2.05) is 19.9 Å². The third-order valence-electron chi connectivity index (χ3n) is 3.32. The predicted octanol–water partition coefficient (Wildman–Crippen LogP) is 1.33. The molecule has 1 rings (SSSR count). The molecule has 0 saturated heterocycles. The third-order valence-corrected chi connectivity index (χ3v) is 3.32. The quantitative estimate of drug-likeness (QED) is 0.294. The number of guanidine groups is 1. The molecule has 0 aliphatic carbocycles. The van der Waals surface area contributed by atoms with Crippen LogP contribution in [0.3, 0.4) is 0 Å². The molecule has 0 aliphatic heterocycles. The fourth-order valence-electron chi connectivity index (χ4n) is 1.99. The number of carbonyl (C=O) groups is 1. The first kappa shape index (κ1) is 21.9. The van der Waals surface area contributed by atoms with Crippen molar-refractivity contribution in [3.05, 3.63) is 23.9 Å². The van der Waals surface area contributed by atoms with Crippen LogP contribution >= 0.6 is 0 Å². The Balaban J connectivity index is 2.23. The molecule has 3 N–H and O–H groups in total. The Kier molecular flexibility index (Phi) is 11.8. The van der Waals surface area contributed by atoms with E-state index in [9.17, 15) is 4.79 Å². The summed E-state index contributed by atoms with van der Waals surface area (Å²) in [5.74, 6) is 1.18. The zero-order valence-electron chi connectivity index (χ0n) is 16.0. The highest BCUT2D eigenvalue weighted by atomic mass is 16.5. The van der Waals surface area contributed by atoms with Gasteiger partial charge >= 0.3 is 0 Å². The topological polar surface area (TPSA) is 96.9 Å². The van der Waals surface area contributed by atoms with Crippen LogP contribution in [0.2, 0.25) is 0 Å². The number of anilines is 1. The molecule has 1 amide bonds. The molecule has 0 bridgehead atoms. The monoisotopic (exact) mass is 365 g/mol. The molecule has 0 fully saturated rings. The van der Waals surface area contributed by atoms with Gasteiger partial charge in [-0.1, -0.05) is 6.07 Å². The number of nitrogens with zero attached hydrogens (tertiary/aromatic N) is 2. The van der Waals surface area contributed by atoms with Gasteiger partial charge in [0.25, 0.3) is 0 Å². The summed E-state index contributed by atoms with van der Waals surface area (Å²) in [6.07, 6.45) is 2.89. The van der Waals surface area contributed by atoms with Crippen molar-refractivity contribution in [3.63, 3.8) is 0 Å². The van der Waals surface area contributed by atoms with Gasteiger partial charge < -0.3 is 25.4 Å². The van der Waals surface area contributed by atoms with Gasteiger partial charge in [0, 0.05) is 46.0 Å². The minimum atomic E-state index is -0.0868. The van der Waals surface area contributed by atoms with E-state index >= 15 is 0 Å². The lowest BCUT2D eigenvalue weighted by molar-refractivity contribution is -0.116. The number of nitrogens with one attached hydrogen (secondary N) is 3. The Morgan fingerprint density at radius 3 is 2.77 bits per heavy atom. The van der Waals surface area contributed by atoms with Crippen LogP contribution in [0, 0.1) is 6.92 Å². The van der Waals surface area contributed by atoms with E-state index in [4.69, 9.17) is 9.47 Å². The largest absolute Gasteiger partial charge is 0.382 e. The number of pyridine rings is 1. The first-order valence-corrected chi connectivity index (χ1v) is 8.97. The summed E-state index contributed by atoms with van der Waals surface area (Å²) in [6, 6.07) is 3.71. The lowest BCUT2D eigenvalue weighted by Gasteiger charge is -2.11. The summed E-state index contributed by atoms with van der Waals surface area (Å²) in [4.78, 5) is 20.6. The average molecular weight is 365 g/mol. The fraction of sp³-hybridized carbons (Fsp3) is 0.611. The average Bonchev–Trinajstić information content (AvgIpc) is 2.63. The molecular weight excluding hydrogens is 334 g/mol. The van der Waals surface area contributed by atoms with Crippen molar-refractivity contribution in [2.45, 2.75) is 26.7 Å². The summed E-state index contributed by atoms with van der Waals surface area (Å²) in [6.45, 7) is 7.72. The number of methoxy groups -OCH3 is 1. The Bertz CT molecular complexity index is 534. The molecule has 1 heterocycles. The van der Waals surface area contributed by atoms with Gasteiger partial charge in [-0.2, -0.15) is 0 Å². The summed E-state index contributed by atoms with van der Waals surface area (Å²) in [7, 11) is 1.65. The van der Waals surface area contributed by atoms with Crippen molar-refractivity contribution in [2.75, 3.05) is 51.9 Å². The third kappa shape index (κ3) is 10.6. The molecule has 0 aromatic carbocycles. The number of rotatable bonds is 12. The molecule has 1 aromatic rings. The molecule has 0 spiro atoms. The van der Waals surface area contributed by atoms with Crippen molar-refractivity contribution in [3.8, 4) is 0 Å². The van der Waals surface area contributed by atoms with Gasteiger partial charge in [-0.05, 0) is 31.9 Å². The van der Waals surface area contributed by atoms with Gasteiger partial charge in [-0.25, -0.2) is 4.98 Å². The molecule has 1 aromatic heterocycles. The lowest BCUT2D eigenvalue weighted by atomic mass is 10.3. The number of aryl methyl sites for hydroxylation is 1. The Morgan fingerprint density at radius 1 is 1.23 bits per heavy atom. The van der Waals surface area contributed by atoms with Gasteiger partial charge in [-0.3, -0.25) is 9.79 Å². The zero-order chi connectivity index (χ0) is 19.0. The van der Waals surface area contributed by atoms with Gasteiger partial charge in [-0.15, -0.1) is 0 Å². The minimum Gasteiger partial charge on any atom is -0.382 e. The van der Waals surface area contributed by atoms with Crippen LogP contribution in [-0.2, 0) is 14.3 Å². The normalized spacial score (nSPS) is 11.3. The molecule has 8 nitrogen and oxygen atoms in total. The second-order valence-electron chi connectivity index (χ2n) is 5.67. The maximum Gasteiger partial charge on any atom is 0.227 e. The molecule has 0 saturated carbocycles. The van der Waals surface area contributed by atoms with Crippen LogP contribution in [0.15, 0.2) is 23.3 Å². The van der Waals surface area contributed by atoms with Crippen molar-refractivity contribution in [1.82, 2.24) is 15.6 Å². The number of hydrogen-bond acceptors (Lipinski definition) is 5. The van der Waals surface area contributed by atoms with E-state index in [2.05, 4.69) is 25.9 Å². The lowest BCUT2D eigenvalue weighted by Crippen LogP contribution is -2.38. The predicted molar refractivity (Wildman–Crippen MR) is 104 cm³/mol. The first-order chi connectivity index (χ1) is 12.7. The summed E-state index contributed by atoms with van der Waals surface area (Å²) < 4.78 is 10.3. The van der Waals surface area contributed by atoms with Crippen LogP contribution in [0.4, 0.5) is 5.82 Å². The van der Waals surface area contributed by atoms with E-state index < -0.39 is 0 Å². The highest BCUT2D eigenvalue weighted by Gasteiger charge is 2.04. The maximum absolute atomic E-state index is 11.9. The number of hydrogen-bond donors (Lipinski definition) is 3. The second-order valence-corrected chi connectivity index (χ2v) is 5.67. The van der Waals surface area contributed by atoms with E-state index in [0.717, 1.165) is 18.5 Å². The number of ether oxygens (including phenoxy) is 2. The molecule has 26 heavy (non-hydrogen) atoms. The molecule has 0 aliphatic rings. The van der Waals surface area contributed by atoms with Crippen LogP contribution in [-0.4, -0.2) is 63.4 Å². The number of amides is 1. The van der Waals surface area contributed by atoms with Crippen molar-refractivity contribution < 1.29 is 14.3 Å². The maximum atomic E-state index is 11.9.